The fourth-order valence-electron chi connectivity index (χ4n) is 16.6. The number of hydrogen-bond acceptors (Lipinski definition) is 2. The zero-order chi connectivity index (χ0) is 58.4. The van der Waals surface area contributed by atoms with Gasteiger partial charge in [-0.3, -0.25) is 0 Å². The van der Waals surface area contributed by atoms with Crippen LogP contribution in [0.2, 0.25) is 0 Å². The molecule has 0 heterocycles. The summed E-state index contributed by atoms with van der Waals surface area (Å²) in [5, 5.41) is 5.67. The monoisotopic (exact) mass is 1080 g/mol. The van der Waals surface area contributed by atoms with Gasteiger partial charge in [0.1, 0.15) is 0 Å². The Hall–Kier alpha value is -7.68. The van der Waals surface area contributed by atoms with Gasteiger partial charge in [0.25, 0.3) is 0 Å². The molecule has 15 rings (SSSR count). The Kier molecular flexibility index (Phi) is 10.3. The highest BCUT2D eigenvalue weighted by molar-refractivity contribution is 6.12. The molecule has 0 saturated heterocycles. The fourth-order valence-corrected chi connectivity index (χ4v) is 16.6. The van der Waals surface area contributed by atoms with Gasteiger partial charge in [-0.25, -0.2) is 0 Å². The standard InChI is InChI=1S/C81H80N2/c1-45-37-63-73-69-55(45)21-19-23-59(69)77(9,10)65-41-53(43-67(71(65)73)80(63,15)16)83(54-42-66-72-68(44-54)81(17,18)64-38-46(2)56-22-20-24-60(78(66,11)12)70(56)74(64)72)52-34-36-58-57-35-33-51(39-61(57)79(13,14)62(58)40-52)82(49-29-25-47(26-30-49)75(3,4)5)50-31-27-48(28-32-50)76(6,7)8/h19-44H,1-18H3. The molecule has 10 aromatic rings. The van der Waals surface area contributed by atoms with Gasteiger partial charge in [0.05, 0.1) is 0 Å². The van der Waals surface area contributed by atoms with E-state index in [-0.39, 0.29) is 37.9 Å². The first-order valence-corrected chi connectivity index (χ1v) is 30.7. The van der Waals surface area contributed by atoms with E-state index in [0.29, 0.717) is 0 Å². The quantitative estimate of drug-likeness (QED) is 0.164. The summed E-state index contributed by atoms with van der Waals surface area (Å²) in [5.41, 5.74) is 33.9. The Morgan fingerprint density at radius 2 is 0.566 bits per heavy atom. The molecule has 0 spiro atoms. The molecule has 0 fully saturated rings. The molecule has 0 unspecified atom stereocenters. The van der Waals surface area contributed by atoms with Crippen molar-refractivity contribution in [3.05, 3.63) is 236 Å². The van der Waals surface area contributed by atoms with E-state index in [1.165, 1.54) is 156 Å². The summed E-state index contributed by atoms with van der Waals surface area (Å²) in [6, 6.07) is 62.8. The topological polar surface area (TPSA) is 6.48 Å². The van der Waals surface area contributed by atoms with Gasteiger partial charge in [0.2, 0.25) is 0 Å². The van der Waals surface area contributed by atoms with Crippen LogP contribution in [0.25, 0.3) is 54.9 Å². The molecule has 0 radical (unpaired) electrons. The number of benzene rings is 10. The van der Waals surface area contributed by atoms with Crippen LogP contribution in [0.3, 0.4) is 0 Å². The van der Waals surface area contributed by atoms with E-state index < -0.39 is 0 Å². The van der Waals surface area contributed by atoms with Crippen LogP contribution in [0.15, 0.2) is 158 Å². The van der Waals surface area contributed by atoms with E-state index in [0.717, 1.165) is 11.4 Å². The Labute approximate surface area is 494 Å². The first-order chi connectivity index (χ1) is 39.0. The third-order valence-electron chi connectivity index (χ3n) is 21.5. The van der Waals surface area contributed by atoms with Crippen molar-refractivity contribution in [2.24, 2.45) is 0 Å². The molecule has 2 nitrogen and oxygen atoms in total. The molecule has 10 aromatic carbocycles. The van der Waals surface area contributed by atoms with Gasteiger partial charge in [-0.2, -0.15) is 0 Å². The molecule has 0 N–H and O–H groups in total. The molecule has 0 amide bonds. The predicted molar refractivity (Wildman–Crippen MR) is 355 cm³/mol. The average molecular weight is 1080 g/mol. The zero-order valence-electron chi connectivity index (χ0n) is 52.4. The van der Waals surface area contributed by atoms with Crippen molar-refractivity contribution in [2.45, 2.75) is 163 Å². The third-order valence-corrected chi connectivity index (χ3v) is 21.5. The lowest BCUT2D eigenvalue weighted by Crippen LogP contribution is -2.26. The van der Waals surface area contributed by atoms with Crippen molar-refractivity contribution in [1.29, 1.82) is 0 Å². The van der Waals surface area contributed by atoms with Crippen molar-refractivity contribution in [3.8, 4) is 33.4 Å². The van der Waals surface area contributed by atoms with Gasteiger partial charge < -0.3 is 9.80 Å². The fraction of sp³-hybridized carbons (Fsp3) is 0.309. The number of anilines is 6. The Morgan fingerprint density at radius 1 is 0.277 bits per heavy atom. The van der Waals surface area contributed by atoms with Crippen LogP contribution in [0.1, 0.15) is 189 Å². The summed E-state index contributed by atoms with van der Waals surface area (Å²) in [5.74, 6) is 0. The molecule has 0 aromatic heterocycles. The summed E-state index contributed by atoms with van der Waals surface area (Å²) in [7, 11) is 0. The summed E-state index contributed by atoms with van der Waals surface area (Å²) >= 11 is 0. The Morgan fingerprint density at radius 3 is 0.916 bits per heavy atom. The maximum Gasteiger partial charge on any atom is 0.0468 e. The van der Waals surface area contributed by atoms with Gasteiger partial charge in [-0.15, -0.1) is 0 Å². The van der Waals surface area contributed by atoms with Crippen LogP contribution in [0, 0.1) is 13.8 Å². The minimum Gasteiger partial charge on any atom is -0.310 e. The highest BCUT2D eigenvalue weighted by Gasteiger charge is 2.49. The molecule has 414 valence electrons. The lowest BCUT2D eigenvalue weighted by Gasteiger charge is -2.38. The SMILES string of the molecule is Cc1cc2c3c4c(cccc14)C(C)(C)c1cc(N(c4ccc5c(c4)C(C)(C)c4cc(N(c6ccc(C(C)(C)C)cc6)c6ccc(C(C)(C)C)cc6)ccc4-5)c4cc5c6c(c4)C(C)(C)c4cccc7c(C)cc(c-6c47)C5(C)C)cc(c1-3)C2(C)C. The second-order valence-electron chi connectivity index (χ2n) is 30.4. The summed E-state index contributed by atoms with van der Waals surface area (Å²) < 4.78 is 0. The third kappa shape index (κ3) is 6.84. The van der Waals surface area contributed by atoms with E-state index in [1.54, 1.807) is 0 Å². The van der Waals surface area contributed by atoms with E-state index in [1.807, 2.05) is 0 Å². The normalized spacial score (nSPS) is 17.0. The van der Waals surface area contributed by atoms with Crippen LogP contribution >= 0.6 is 0 Å². The maximum absolute atomic E-state index is 2.68. The molecule has 0 saturated carbocycles. The predicted octanol–water partition coefficient (Wildman–Crippen LogP) is 22.3. The number of hydrogen-bond donors (Lipinski definition) is 0. The number of rotatable bonds is 6. The number of nitrogens with zero attached hydrogens (tertiary/aromatic N) is 2. The van der Waals surface area contributed by atoms with Crippen LogP contribution in [0.4, 0.5) is 34.1 Å². The summed E-state index contributed by atoms with van der Waals surface area (Å²) in [6.07, 6.45) is 0. The highest BCUT2D eigenvalue weighted by Crippen LogP contribution is 2.64. The van der Waals surface area contributed by atoms with E-state index >= 15 is 0 Å². The highest BCUT2D eigenvalue weighted by atomic mass is 15.1. The first-order valence-electron chi connectivity index (χ1n) is 30.7. The van der Waals surface area contributed by atoms with Crippen molar-refractivity contribution >= 4 is 55.7 Å². The molecular weight excluding hydrogens is 1000 g/mol. The molecule has 0 aliphatic heterocycles. The maximum atomic E-state index is 2.68. The van der Waals surface area contributed by atoms with Gasteiger partial charge in [0, 0.05) is 61.2 Å². The second-order valence-corrected chi connectivity index (χ2v) is 30.4. The summed E-state index contributed by atoms with van der Waals surface area (Å²) in [4.78, 5) is 5.14. The largest absolute Gasteiger partial charge is 0.310 e. The van der Waals surface area contributed by atoms with Gasteiger partial charge in [-0.05, 0) is 230 Å². The molecule has 0 atom stereocenters. The Balaban J connectivity index is 0.943. The second kappa shape index (κ2) is 16.4. The van der Waals surface area contributed by atoms with Crippen molar-refractivity contribution in [2.75, 3.05) is 9.80 Å². The van der Waals surface area contributed by atoms with Gasteiger partial charge in [0.15, 0.2) is 0 Å². The smallest absolute Gasteiger partial charge is 0.0468 e. The minimum absolute atomic E-state index is 0.0540. The van der Waals surface area contributed by atoms with E-state index in [2.05, 4.69) is 292 Å². The molecule has 5 aliphatic carbocycles. The molecule has 0 bridgehead atoms. The molecule has 2 heteroatoms. The lowest BCUT2D eigenvalue weighted by molar-refractivity contribution is 0.590. The van der Waals surface area contributed by atoms with Crippen LogP contribution in [-0.2, 0) is 37.9 Å². The van der Waals surface area contributed by atoms with Crippen molar-refractivity contribution in [1.82, 2.24) is 0 Å². The van der Waals surface area contributed by atoms with Crippen LogP contribution in [0.5, 0.6) is 0 Å². The van der Waals surface area contributed by atoms with Crippen LogP contribution < -0.4 is 9.80 Å². The lowest BCUT2D eigenvalue weighted by atomic mass is 9.68. The zero-order valence-corrected chi connectivity index (χ0v) is 52.4. The summed E-state index contributed by atoms with van der Waals surface area (Å²) in [6.45, 7) is 43.2. The number of fused-ring (bicyclic) bond motifs is 3. The molecular formula is C81H80N2. The van der Waals surface area contributed by atoms with E-state index in [9.17, 15) is 0 Å². The Bertz CT molecular complexity index is 4300. The molecule has 83 heavy (non-hydrogen) atoms. The van der Waals surface area contributed by atoms with Gasteiger partial charge in [-0.1, -0.05) is 196 Å². The first kappa shape index (κ1) is 52.1. The van der Waals surface area contributed by atoms with Crippen LogP contribution in [-0.4, -0.2) is 0 Å². The van der Waals surface area contributed by atoms with Crippen molar-refractivity contribution < 1.29 is 0 Å². The minimum atomic E-state index is -0.314. The molecule has 5 aliphatic rings. The van der Waals surface area contributed by atoms with Gasteiger partial charge >= 0.3 is 0 Å². The average Bonchev–Trinajstić information content (AvgIpc) is 1.62. The van der Waals surface area contributed by atoms with E-state index in [4.69, 9.17) is 0 Å². The number of aryl methyl sites for hydroxylation is 2. The van der Waals surface area contributed by atoms with Crippen molar-refractivity contribution in [3.63, 3.8) is 0 Å².